The standard InChI is InChI=1S/C20H32N4O/c1-4-21-20(23-11-9-17(14-23)15-25-3)22-13-16(2)24-12-10-18-7-5-6-8-19(18)24/h5-8,16-17H,4,9-15H2,1-3H3,(H,21,22). The van der Waals surface area contributed by atoms with Gasteiger partial charge in [-0.3, -0.25) is 4.99 Å². The van der Waals surface area contributed by atoms with Gasteiger partial charge in [-0.05, 0) is 38.3 Å². The summed E-state index contributed by atoms with van der Waals surface area (Å²) in [5, 5.41) is 3.47. The topological polar surface area (TPSA) is 40.1 Å². The summed E-state index contributed by atoms with van der Waals surface area (Å²) in [5.41, 5.74) is 2.85. The molecule has 0 spiro atoms. The summed E-state index contributed by atoms with van der Waals surface area (Å²) in [4.78, 5) is 9.84. The van der Waals surface area contributed by atoms with E-state index in [1.807, 2.05) is 0 Å². The molecular formula is C20H32N4O. The van der Waals surface area contributed by atoms with E-state index in [4.69, 9.17) is 9.73 Å². The van der Waals surface area contributed by atoms with Gasteiger partial charge in [0.1, 0.15) is 0 Å². The number of aliphatic imine (C=N–C) groups is 1. The number of rotatable bonds is 6. The summed E-state index contributed by atoms with van der Waals surface area (Å²) in [6.07, 6.45) is 2.34. The van der Waals surface area contributed by atoms with Crippen molar-refractivity contribution in [2.24, 2.45) is 10.9 Å². The van der Waals surface area contributed by atoms with Crippen LogP contribution < -0.4 is 10.2 Å². The number of likely N-dealkylation sites (tertiary alicyclic amines) is 1. The Bertz CT molecular complexity index is 589. The van der Waals surface area contributed by atoms with Crippen molar-refractivity contribution in [1.82, 2.24) is 10.2 Å². The second-order valence-corrected chi connectivity index (χ2v) is 7.17. The van der Waals surface area contributed by atoms with Gasteiger partial charge in [0, 0.05) is 50.9 Å². The molecule has 2 unspecified atom stereocenters. The van der Waals surface area contributed by atoms with Gasteiger partial charge in [-0.15, -0.1) is 0 Å². The minimum absolute atomic E-state index is 0.412. The van der Waals surface area contributed by atoms with Crippen molar-refractivity contribution in [2.75, 3.05) is 51.3 Å². The van der Waals surface area contributed by atoms with E-state index in [-0.39, 0.29) is 0 Å². The maximum absolute atomic E-state index is 5.32. The largest absolute Gasteiger partial charge is 0.384 e. The Morgan fingerprint density at radius 1 is 1.36 bits per heavy atom. The van der Waals surface area contributed by atoms with Crippen molar-refractivity contribution in [3.8, 4) is 0 Å². The second kappa shape index (κ2) is 8.56. The molecule has 1 N–H and O–H groups in total. The SMILES string of the molecule is CCNC(=NCC(C)N1CCc2ccccc21)N1CCC(COC)C1. The molecular weight excluding hydrogens is 312 g/mol. The molecule has 0 amide bonds. The van der Waals surface area contributed by atoms with E-state index in [1.165, 1.54) is 17.7 Å². The summed E-state index contributed by atoms with van der Waals surface area (Å²) in [5.74, 6) is 1.68. The molecule has 1 fully saturated rings. The number of benzene rings is 1. The maximum atomic E-state index is 5.32. The van der Waals surface area contributed by atoms with Gasteiger partial charge in [0.2, 0.25) is 0 Å². The third-order valence-electron chi connectivity index (χ3n) is 5.28. The fourth-order valence-electron chi connectivity index (χ4n) is 3.96. The number of anilines is 1. The highest BCUT2D eigenvalue weighted by Gasteiger charge is 2.26. The summed E-state index contributed by atoms with van der Waals surface area (Å²) < 4.78 is 5.32. The third kappa shape index (κ3) is 4.27. The molecule has 25 heavy (non-hydrogen) atoms. The van der Waals surface area contributed by atoms with Crippen LogP contribution in [-0.2, 0) is 11.2 Å². The van der Waals surface area contributed by atoms with E-state index in [9.17, 15) is 0 Å². The number of hydrogen-bond donors (Lipinski definition) is 1. The lowest BCUT2D eigenvalue weighted by Gasteiger charge is -2.27. The molecule has 2 aliphatic rings. The van der Waals surface area contributed by atoms with Gasteiger partial charge in [0.05, 0.1) is 13.2 Å². The van der Waals surface area contributed by atoms with Gasteiger partial charge in [0.15, 0.2) is 5.96 Å². The van der Waals surface area contributed by atoms with Gasteiger partial charge in [-0.25, -0.2) is 0 Å². The molecule has 2 aliphatic heterocycles. The predicted octanol–water partition coefficient (Wildman–Crippen LogP) is 2.37. The minimum Gasteiger partial charge on any atom is -0.384 e. The summed E-state index contributed by atoms with van der Waals surface area (Å²) in [7, 11) is 1.79. The third-order valence-corrected chi connectivity index (χ3v) is 5.28. The van der Waals surface area contributed by atoms with Gasteiger partial charge < -0.3 is 19.9 Å². The molecule has 5 nitrogen and oxygen atoms in total. The molecule has 0 radical (unpaired) electrons. The van der Waals surface area contributed by atoms with Crippen LogP contribution in [0.2, 0.25) is 0 Å². The van der Waals surface area contributed by atoms with Crippen LogP contribution in [0.4, 0.5) is 5.69 Å². The first kappa shape index (κ1) is 18.1. The number of guanidine groups is 1. The van der Waals surface area contributed by atoms with Crippen LogP contribution in [0.3, 0.4) is 0 Å². The number of fused-ring (bicyclic) bond motifs is 1. The van der Waals surface area contributed by atoms with Crippen molar-refractivity contribution in [1.29, 1.82) is 0 Å². The monoisotopic (exact) mass is 344 g/mol. The highest BCUT2D eigenvalue weighted by Crippen LogP contribution is 2.29. The Labute approximate surface area is 152 Å². The fourth-order valence-corrected chi connectivity index (χ4v) is 3.96. The van der Waals surface area contributed by atoms with E-state index >= 15 is 0 Å². The molecule has 2 atom stereocenters. The van der Waals surface area contributed by atoms with Gasteiger partial charge in [0.25, 0.3) is 0 Å². The average molecular weight is 345 g/mol. The van der Waals surface area contributed by atoms with Crippen molar-refractivity contribution < 1.29 is 4.74 Å². The molecule has 1 aromatic carbocycles. The van der Waals surface area contributed by atoms with Crippen LogP contribution in [0.1, 0.15) is 25.8 Å². The summed E-state index contributed by atoms with van der Waals surface area (Å²) in [6, 6.07) is 9.17. The summed E-state index contributed by atoms with van der Waals surface area (Å²) >= 11 is 0. The molecule has 0 aliphatic carbocycles. The molecule has 2 heterocycles. The lowest BCUT2D eigenvalue weighted by atomic mass is 10.1. The molecule has 5 heteroatoms. The number of hydrogen-bond acceptors (Lipinski definition) is 3. The minimum atomic E-state index is 0.412. The van der Waals surface area contributed by atoms with Gasteiger partial charge in [-0.2, -0.15) is 0 Å². The Morgan fingerprint density at radius 2 is 2.20 bits per heavy atom. The van der Waals surface area contributed by atoms with E-state index in [0.29, 0.717) is 12.0 Å². The van der Waals surface area contributed by atoms with Crippen molar-refractivity contribution in [2.45, 2.75) is 32.7 Å². The number of para-hydroxylation sites is 1. The number of nitrogens with one attached hydrogen (secondary N) is 1. The van der Waals surface area contributed by atoms with Crippen LogP contribution in [0.25, 0.3) is 0 Å². The zero-order valence-electron chi connectivity index (χ0n) is 15.9. The zero-order valence-corrected chi connectivity index (χ0v) is 15.9. The van der Waals surface area contributed by atoms with E-state index in [2.05, 4.69) is 53.2 Å². The van der Waals surface area contributed by atoms with E-state index in [1.54, 1.807) is 7.11 Å². The molecule has 0 aromatic heterocycles. The molecule has 0 saturated carbocycles. The smallest absolute Gasteiger partial charge is 0.193 e. The Hall–Kier alpha value is -1.75. The van der Waals surface area contributed by atoms with Gasteiger partial charge in [-0.1, -0.05) is 18.2 Å². The highest BCUT2D eigenvalue weighted by atomic mass is 16.5. The van der Waals surface area contributed by atoms with Crippen LogP contribution >= 0.6 is 0 Å². The van der Waals surface area contributed by atoms with Crippen LogP contribution in [0, 0.1) is 5.92 Å². The normalized spacial score (nSPS) is 21.6. The Kier molecular flexibility index (Phi) is 6.19. The quantitative estimate of drug-likeness (QED) is 0.635. The van der Waals surface area contributed by atoms with Crippen molar-refractivity contribution in [3.05, 3.63) is 29.8 Å². The molecule has 0 bridgehead atoms. The number of methoxy groups -OCH3 is 1. The number of ether oxygens (including phenoxy) is 1. The average Bonchev–Trinajstić information content (AvgIpc) is 3.25. The highest BCUT2D eigenvalue weighted by molar-refractivity contribution is 5.80. The molecule has 1 saturated heterocycles. The first-order chi connectivity index (χ1) is 12.2. The predicted molar refractivity (Wildman–Crippen MR) is 104 cm³/mol. The summed E-state index contributed by atoms with van der Waals surface area (Å²) in [6.45, 7) is 10.2. The molecule has 138 valence electrons. The second-order valence-electron chi connectivity index (χ2n) is 7.17. The Morgan fingerprint density at radius 3 is 3.00 bits per heavy atom. The maximum Gasteiger partial charge on any atom is 0.193 e. The first-order valence-corrected chi connectivity index (χ1v) is 9.59. The lowest BCUT2D eigenvalue weighted by Crippen LogP contribution is -2.42. The molecule has 1 aromatic rings. The van der Waals surface area contributed by atoms with Gasteiger partial charge >= 0.3 is 0 Å². The number of nitrogens with zero attached hydrogens (tertiary/aromatic N) is 3. The van der Waals surface area contributed by atoms with E-state index < -0.39 is 0 Å². The zero-order chi connectivity index (χ0) is 17.6. The van der Waals surface area contributed by atoms with E-state index in [0.717, 1.165) is 51.7 Å². The fraction of sp³-hybridized carbons (Fsp3) is 0.650. The van der Waals surface area contributed by atoms with Crippen molar-refractivity contribution in [3.63, 3.8) is 0 Å². The first-order valence-electron chi connectivity index (χ1n) is 9.59. The lowest BCUT2D eigenvalue weighted by molar-refractivity contribution is 0.157. The Balaban J connectivity index is 1.62. The van der Waals surface area contributed by atoms with Crippen LogP contribution in [0.15, 0.2) is 29.3 Å². The van der Waals surface area contributed by atoms with Crippen molar-refractivity contribution >= 4 is 11.6 Å². The van der Waals surface area contributed by atoms with Crippen LogP contribution in [0.5, 0.6) is 0 Å². The molecule has 3 rings (SSSR count). The van der Waals surface area contributed by atoms with Crippen LogP contribution in [-0.4, -0.2) is 63.3 Å².